The Kier molecular flexibility index (Phi) is 3.52. The van der Waals surface area contributed by atoms with E-state index in [1.54, 1.807) is 36.5 Å². The molecule has 1 aromatic carbocycles. The number of aromatic amines is 1. The van der Waals surface area contributed by atoms with Crippen LogP contribution in [0, 0.1) is 6.92 Å². The first-order chi connectivity index (χ1) is 10.0. The number of aromatic nitrogens is 2. The third kappa shape index (κ3) is 2.98. The molecule has 0 fully saturated rings. The van der Waals surface area contributed by atoms with Gasteiger partial charge in [-0.1, -0.05) is 12.1 Å². The van der Waals surface area contributed by atoms with E-state index < -0.39 is 10.0 Å². The number of anilines is 1. The topological polar surface area (TPSA) is 74.8 Å². The first-order valence-electron chi connectivity index (χ1n) is 6.24. The predicted octanol–water partition coefficient (Wildman–Crippen LogP) is 3.25. The van der Waals surface area contributed by atoms with E-state index >= 15 is 0 Å². The van der Waals surface area contributed by atoms with Crippen molar-refractivity contribution in [3.05, 3.63) is 54.2 Å². The Hall–Kier alpha value is -2.12. The van der Waals surface area contributed by atoms with Gasteiger partial charge in [-0.15, -0.1) is 11.3 Å². The molecule has 0 atom stereocenters. The van der Waals surface area contributed by atoms with Gasteiger partial charge in [-0.25, -0.2) is 8.42 Å². The molecule has 0 saturated heterocycles. The summed E-state index contributed by atoms with van der Waals surface area (Å²) in [4.78, 5) is 0.831. The second kappa shape index (κ2) is 5.34. The van der Waals surface area contributed by atoms with E-state index in [0.29, 0.717) is 5.69 Å². The molecule has 7 heteroatoms. The van der Waals surface area contributed by atoms with Gasteiger partial charge in [0, 0.05) is 11.9 Å². The number of H-pyrrole nitrogens is 1. The second-order valence-electron chi connectivity index (χ2n) is 4.56. The molecule has 21 heavy (non-hydrogen) atoms. The van der Waals surface area contributed by atoms with Crippen LogP contribution < -0.4 is 4.72 Å². The van der Waals surface area contributed by atoms with Crippen LogP contribution in [0.1, 0.15) is 5.56 Å². The number of sulfonamides is 1. The summed E-state index contributed by atoms with van der Waals surface area (Å²) in [5, 5.41) is 6.68. The molecule has 0 radical (unpaired) electrons. The molecule has 0 aliphatic carbocycles. The number of aryl methyl sites for hydroxylation is 1. The Balaban J connectivity index is 1.89. The second-order valence-corrected chi connectivity index (χ2v) is 7.56. The summed E-state index contributed by atoms with van der Waals surface area (Å²) in [7, 11) is -3.57. The molecule has 0 saturated carbocycles. The van der Waals surface area contributed by atoms with E-state index in [1.807, 2.05) is 19.1 Å². The predicted molar refractivity (Wildman–Crippen MR) is 83.9 cm³/mol. The Morgan fingerprint density at radius 2 is 2.05 bits per heavy atom. The van der Waals surface area contributed by atoms with Crippen LogP contribution in [0.3, 0.4) is 0 Å². The summed E-state index contributed by atoms with van der Waals surface area (Å²) in [6, 6.07) is 12.4. The lowest BCUT2D eigenvalue weighted by Gasteiger charge is -2.06. The average Bonchev–Trinajstić information content (AvgIpc) is 3.10. The lowest BCUT2D eigenvalue weighted by molar-refractivity contribution is 0.603. The van der Waals surface area contributed by atoms with Crippen molar-refractivity contribution in [3.8, 4) is 10.6 Å². The van der Waals surface area contributed by atoms with Gasteiger partial charge in [-0.2, -0.15) is 5.10 Å². The van der Waals surface area contributed by atoms with Gasteiger partial charge >= 0.3 is 0 Å². The molecule has 3 aromatic rings. The minimum absolute atomic E-state index is 0.272. The molecular weight excluding hydrogens is 306 g/mol. The van der Waals surface area contributed by atoms with Crippen molar-refractivity contribution in [2.45, 2.75) is 11.1 Å². The molecule has 0 aliphatic rings. The molecule has 2 N–H and O–H groups in total. The van der Waals surface area contributed by atoms with E-state index in [2.05, 4.69) is 14.9 Å². The number of hydrogen-bond donors (Lipinski definition) is 2. The van der Waals surface area contributed by atoms with Gasteiger partial charge in [0.2, 0.25) is 0 Å². The highest BCUT2D eigenvalue weighted by Gasteiger charge is 2.17. The summed E-state index contributed by atoms with van der Waals surface area (Å²) in [5.41, 5.74) is 2.36. The van der Waals surface area contributed by atoms with Crippen molar-refractivity contribution in [1.29, 1.82) is 0 Å². The van der Waals surface area contributed by atoms with Crippen LogP contribution in [0.15, 0.2) is 52.9 Å². The summed E-state index contributed by atoms with van der Waals surface area (Å²) in [5.74, 6) is 0. The molecule has 0 bridgehead atoms. The average molecular weight is 319 g/mol. The number of nitrogens with one attached hydrogen (secondary N) is 2. The maximum atomic E-state index is 12.4. The van der Waals surface area contributed by atoms with Gasteiger partial charge in [-0.3, -0.25) is 9.82 Å². The summed E-state index contributed by atoms with van der Waals surface area (Å²) < 4.78 is 27.6. The van der Waals surface area contributed by atoms with Crippen LogP contribution in [0.2, 0.25) is 0 Å². The van der Waals surface area contributed by atoms with E-state index in [-0.39, 0.29) is 4.21 Å². The monoisotopic (exact) mass is 319 g/mol. The highest BCUT2D eigenvalue weighted by atomic mass is 32.2. The maximum Gasteiger partial charge on any atom is 0.271 e. The van der Waals surface area contributed by atoms with Crippen molar-refractivity contribution < 1.29 is 8.42 Å². The van der Waals surface area contributed by atoms with Crippen molar-refractivity contribution in [2.24, 2.45) is 0 Å². The summed E-state index contributed by atoms with van der Waals surface area (Å²) in [6.07, 6.45) is 1.63. The minimum Gasteiger partial charge on any atom is -0.279 e. The number of thiophene rings is 1. The fraction of sp³-hybridized carbons (Fsp3) is 0.0714. The van der Waals surface area contributed by atoms with Gasteiger partial charge in [0.1, 0.15) is 4.21 Å². The largest absolute Gasteiger partial charge is 0.279 e. The molecule has 2 aromatic heterocycles. The molecule has 0 spiro atoms. The van der Waals surface area contributed by atoms with Crippen LogP contribution in [-0.2, 0) is 10.0 Å². The molecule has 0 amide bonds. The van der Waals surface area contributed by atoms with Crippen LogP contribution >= 0.6 is 11.3 Å². The Bertz CT molecular complexity index is 852. The van der Waals surface area contributed by atoms with E-state index in [4.69, 9.17) is 0 Å². The van der Waals surface area contributed by atoms with Gasteiger partial charge < -0.3 is 0 Å². The molecular formula is C14H13N3O2S2. The zero-order valence-corrected chi connectivity index (χ0v) is 12.8. The van der Waals surface area contributed by atoms with Crippen LogP contribution in [0.4, 0.5) is 5.69 Å². The van der Waals surface area contributed by atoms with Gasteiger partial charge in [0.15, 0.2) is 0 Å². The highest BCUT2D eigenvalue weighted by Crippen LogP contribution is 2.30. The fourth-order valence-electron chi connectivity index (χ4n) is 1.92. The SMILES string of the molecule is Cc1cccc(NS(=O)(=O)c2ccc(-c3ccn[nH]3)s2)c1. The normalized spacial score (nSPS) is 11.5. The smallest absolute Gasteiger partial charge is 0.271 e. The first kappa shape index (κ1) is 13.8. The molecule has 108 valence electrons. The van der Waals surface area contributed by atoms with E-state index in [9.17, 15) is 8.42 Å². The summed E-state index contributed by atoms with van der Waals surface area (Å²) in [6.45, 7) is 1.92. The van der Waals surface area contributed by atoms with Crippen molar-refractivity contribution >= 4 is 27.0 Å². The quantitative estimate of drug-likeness (QED) is 0.775. The Morgan fingerprint density at radius 3 is 2.76 bits per heavy atom. The van der Waals surface area contributed by atoms with Gasteiger partial charge in [-0.05, 0) is 42.8 Å². The number of hydrogen-bond acceptors (Lipinski definition) is 4. The molecule has 3 rings (SSSR count). The Labute approximate surface area is 126 Å². The minimum atomic E-state index is -3.57. The first-order valence-corrected chi connectivity index (χ1v) is 8.54. The number of rotatable bonds is 4. The van der Waals surface area contributed by atoms with Crippen molar-refractivity contribution in [3.63, 3.8) is 0 Å². The van der Waals surface area contributed by atoms with Crippen LogP contribution in [0.25, 0.3) is 10.6 Å². The third-order valence-electron chi connectivity index (χ3n) is 2.88. The standard InChI is InChI=1S/C14H13N3O2S2/c1-10-3-2-4-11(9-10)17-21(18,19)14-6-5-13(20-14)12-7-8-15-16-12/h2-9,17H,1H3,(H,15,16). The third-order valence-corrected chi connectivity index (χ3v) is 5.87. The van der Waals surface area contributed by atoms with Gasteiger partial charge in [0.25, 0.3) is 10.0 Å². The molecule has 0 unspecified atom stereocenters. The number of nitrogens with zero attached hydrogens (tertiary/aromatic N) is 1. The fourth-order valence-corrected chi connectivity index (χ4v) is 4.25. The van der Waals surface area contributed by atoms with Crippen molar-refractivity contribution in [2.75, 3.05) is 4.72 Å². The zero-order valence-electron chi connectivity index (χ0n) is 11.2. The molecule has 0 aliphatic heterocycles. The highest BCUT2D eigenvalue weighted by molar-refractivity contribution is 7.94. The van der Waals surface area contributed by atoms with E-state index in [0.717, 1.165) is 16.1 Å². The van der Waals surface area contributed by atoms with E-state index in [1.165, 1.54) is 11.3 Å². The lowest BCUT2D eigenvalue weighted by Crippen LogP contribution is -2.11. The van der Waals surface area contributed by atoms with Crippen LogP contribution in [-0.4, -0.2) is 18.6 Å². The maximum absolute atomic E-state index is 12.4. The lowest BCUT2D eigenvalue weighted by atomic mass is 10.2. The number of benzene rings is 1. The van der Waals surface area contributed by atoms with Crippen molar-refractivity contribution in [1.82, 2.24) is 10.2 Å². The van der Waals surface area contributed by atoms with Gasteiger partial charge in [0.05, 0.1) is 10.6 Å². The summed E-state index contributed by atoms with van der Waals surface area (Å²) >= 11 is 1.20. The van der Waals surface area contributed by atoms with Crippen LogP contribution in [0.5, 0.6) is 0 Å². The Morgan fingerprint density at radius 1 is 1.19 bits per heavy atom. The molecule has 5 nitrogen and oxygen atoms in total. The zero-order chi connectivity index (χ0) is 14.9. The molecule has 2 heterocycles.